The Labute approximate surface area is 186 Å². The van der Waals surface area contributed by atoms with E-state index in [1.807, 2.05) is 12.9 Å². The van der Waals surface area contributed by atoms with E-state index in [4.69, 9.17) is 0 Å². The van der Waals surface area contributed by atoms with Crippen LogP contribution >= 0.6 is 0 Å². The summed E-state index contributed by atoms with van der Waals surface area (Å²) in [5, 5.41) is 9.79. The van der Waals surface area contributed by atoms with Crippen molar-refractivity contribution in [1.29, 1.82) is 0 Å². The molecule has 2 aliphatic heterocycles. The van der Waals surface area contributed by atoms with Crippen molar-refractivity contribution in [3.63, 3.8) is 0 Å². The molecule has 2 saturated heterocycles. The third-order valence-electron chi connectivity index (χ3n) is 6.86. The van der Waals surface area contributed by atoms with Crippen LogP contribution in [0.3, 0.4) is 0 Å². The Hall–Kier alpha value is -2.15. The summed E-state index contributed by atoms with van der Waals surface area (Å²) in [4.78, 5) is 20.1. The second-order valence-corrected chi connectivity index (χ2v) is 9.05. The number of hydrogen-bond acceptors (Lipinski definition) is 4. The molecule has 0 spiro atoms. The van der Waals surface area contributed by atoms with Crippen molar-refractivity contribution in [2.24, 2.45) is 5.92 Å². The summed E-state index contributed by atoms with van der Waals surface area (Å²) in [6, 6.07) is 21.2. The van der Waals surface area contributed by atoms with Crippen LogP contribution in [0.25, 0.3) is 0 Å². The molecular weight excluding hydrogens is 385 g/mol. The lowest BCUT2D eigenvalue weighted by Crippen LogP contribution is -2.51. The van der Waals surface area contributed by atoms with Crippen molar-refractivity contribution in [3.05, 3.63) is 71.8 Å². The van der Waals surface area contributed by atoms with Gasteiger partial charge in [0.25, 0.3) is 0 Å². The van der Waals surface area contributed by atoms with Gasteiger partial charge in [0.1, 0.15) is 0 Å². The highest BCUT2D eigenvalue weighted by Gasteiger charge is 2.33. The number of amides is 1. The Kier molecular flexibility index (Phi) is 7.43. The van der Waals surface area contributed by atoms with Crippen LogP contribution in [0.2, 0.25) is 6.82 Å². The van der Waals surface area contributed by atoms with E-state index in [1.54, 1.807) is 0 Å². The molecule has 1 amide bonds. The first-order valence-electron chi connectivity index (χ1n) is 11.6. The normalized spacial score (nSPS) is 21.2. The minimum Gasteiger partial charge on any atom is -0.437 e. The van der Waals surface area contributed by atoms with Crippen LogP contribution in [0.15, 0.2) is 60.7 Å². The van der Waals surface area contributed by atoms with Gasteiger partial charge >= 0.3 is 7.05 Å². The molecule has 2 aliphatic rings. The Morgan fingerprint density at radius 3 is 2.26 bits per heavy atom. The van der Waals surface area contributed by atoms with E-state index in [0.29, 0.717) is 12.3 Å². The first kappa shape index (κ1) is 22.1. The zero-order valence-electron chi connectivity index (χ0n) is 18.6. The second kappa shape index (κ2) is 10.4. The molecule has 2 heterocycles. The highest BCUT2D eigenvalue weighted by molar-refractivity contribution is 6.45. The molecule has 164 valence electrons. The Morgan fingerprint density at radius 1 is 0.968 bits per heavy atom. The van der Waals surface area contributed by atoms with Gasteiger partial charge in [-0.25, -0.2) is 0 Å². The van der Waals surface area contributed by atoms with E-state index >= 15 is 0 Å². The average molecular weight is 419 g/mol. The molecule has 0 bridgehead atoms. The summed E-state index contributed by atoms with van der Waals surface area (Å²) in [7, 11) is -0.392. The predicted molar refractivity (Wildman–Crippen MR) is 125 cm³/mol. The minimum atomic E-state index is -0.392. The summed E-state index contributed by atoms with van der Waals surface area (Å²) < 4.78 is 0. The summed E-state index contributed by atoms with van der Waals surface area (Å²) in [5.41, 5.74) is 2.54. The maximum absolute atomic E-state index is 13.4. The van der Waals surface area contributed by atoms with Gasteiger partial charge in [-0.2, -0.15) is 0 Å². The van der Waals surface area contributed by atoms with E-state index in [0.717, 1.165) is 52.1 Å². The molecule has 1 N–H and O–H groups in total. The first-order chi connectivity index (χ1) is 15.1. The molecule has 1 atom stereocenters. The van der Waals surface area contributed by atoms with Gasteiger partial charge in [0.05, 0.1) is 6.04 Å². The molecule has 6 heteroatoms. The molecule has 31 heavy (non-hydrogen) atoms. The summed E-state index contributed by atoms with van der Waals surface area (Å²) in [5.74, 6) is 0.699. The number of nitrogens with zero attached hydrogens (tertiary/aromatic N) is 3. The van der Waals surface area contributed by atoms with Crippen LogP contribution in [-0.4, -0.2) is 65.3 Å². The van der Waals surface area contributed by atoms with Crippen molar-refractivity contribution < 1.29 is 9.82 Å². The van der Waals surface area contributed by atoms with E-state index in [1.165, 1.54) is 11.1 Å². The van der Waals surface area contributed by atoms with Crippen molar-refractivity contribution in [2.75, 3.05) is 32.7 Å². The van der Waals surface area contributed by atoms with Gasteiger partial charge in [-0.05, 0) is 49.8 Å². The molecule has 2 fully saturated rings. The van der Waals surface area contributed by atoms with Gasteiger partial charge in [-0.15, -0.1) is 0 Å². The fourth-order valence-corrected chi connectivity index (χ4v) is 4.98. The number of piperazine rings is 1. The topological polar surface area (TPSA) is 47.0 Å². The third-order valence-corrected chi connectivity index (χ3v) is 6.86. The average Bonchev–Trinajstić information content (AvgIpc) is 2.80. The SMILES string of the molecule is CB(O)N1CCC(CC(=O)N2CCN(Cc3ccccc3)C[C@@H]2c2ccccc2)CC1. The molecule has 4 rings (SSSR count). The number of benzene rings is 2. The number of carbonyl (C=O) groups excluding carboxylic acids is 1. The molecule has 0 unspecified atom stereocenters. The smallest absolute Gasteiger partial charge is 0.376 e. The molecular formula is C25H34BN3O2. The second-order valence-electron chi connectivity index (χ2n) is 9.05. The summed E-state index contributed by atoms with van der Waals surface area (Å²) >= 11 is 0. The number of rotatable bonds is 6. The van der Waals surface area contributed by atoms with Crippen molar-refractivity contribution in [2.45, 2.75) is 38.7 Å². The summed E-state index contributed by atoms with van der Waals surface area (Å²) in [6.07, 6.45) is 2.59. The molecule has 0 radical (unpaired) electrons. The lowest BCUT2D eigenvalue weighted by molar-refractivity contribution is -0.137. The van der Waals surface area contributed by atoms with E-state index in [2.05, 4.69) is 69.2 Å². The van der Waals surface area contributed by atoms with Crippen molar-refractivity contribution in [1.82, 2.24) is 14.6 Å². The Bertz CT molecular complexity index is 825. The molecule has 2 aromatic carbocycles. The van der Waals surface area contributed by atoms with E-state index in [9.17, 15) is 9.82 Å². The molecule has 0 aromatic heterocycles. The van der Waals surface area contributed by atoms with Crippen LogP contribution < -0.4 is 0 Å². The Balaban J connectivity index is 1.41. The van der Waals surface area contributed by atoms with Crippen LogP contribution in [-0.2, 0) is 11.3 Å². The van der Waals surface area contributed by atoms with Gasteiger partial charge in [-0.1, -0.05) is 60.7 Å². The number of carbonyl (C=O) groups is 1. The minimum absolute atomic E-state index is 0.101. The van der Waals surface area contributed by atoms with E-state index < -0.39 is 7.05 Å². The molecule has 5 nitrogen and oxygen atoms in total. The van der Waals surface area contributed by atoms with Gasteiger partial charge in [0.2, 0.25) is 5.91 Å². The van der Waals surface area contributed by atoms with Crippen molar-refractivity contribution in [3.8, 4) is 0 Å². The maximum atomic E-state index is 13.4. The summed E-state index contributed by atoms with van der Waals surface area (Å²) in [6.45, 7) is 7.05. The molecule has 0 saturated carbocycles. The quantitative estimate of drug-likeness (QED) is 0.731. The lowest BCUT2D eigenvalue weighted by Gasteiger charge is -2.42. The highest BCUT2D eigenvalue weighted by Crippen LogP contribution is 2.29. The number of hydrogen-bond donors (Lipinski definition) is 1. The fraction of sp³-hybridized carbons (Fsp3) is 0.480. The van der Waals surface area contributed by atoms with Gasteiger partial charge in [0.15, 0.2) is 0 Å². The predicted octanol–water partition coefficient (Wildman–Crippen LogP) is 3.28. The maximum Gasteiger partial charge on any atom is 0.376 e. The van der Waals surface area contributed by atoms with Crippen LogP contribution in [0.5, 0.6) is 0 Å². The van der Waals surface area contributed by atoms with Gasteiger partial charge in [0, 0.05) is 32.6 Å². The Morgan fingerprint density at radius 2 is 1.61 bits per heavy atom. The monoisotopic (exact) mass is 419 g/mol. The van der Waals surface area contributed by atoms with Gasteiger partial charge < -0.3 is 14.7 Å². The largest absolute Gasteiger partial charge is 0.437 e. The standard InChI is InChI=1S/C25H34BN3O2/c1-26(31)28-14-12-21(13-15-28)18-25(30)29-17-16-27(19-22-8-4-2-5-9-22)20-24(29)23-10-6-3-7-11-23/h2-11,21,24,31H,12-20H2,1H3/t24-/m1/s1. The zero-order valence-corrected chi connectivity index (χ0v) is 18.6. The fourth-order valence-electron chi connectivity index (χ4n) is 4.98. The van der Waals surface area contributed by atoms with Crippen LogP contribution in [0, 0.1) is 5.92 Å². The third kappa shape index (κ3) is 5.76. The first-order valence-corrected chi connectivity index (χ1v) is 11.6. The molecule has 0 aliphatic carbocycles. The van der Waals surface area contributed by atoms with Gasteiger partial charge in [-0.3, -0.25) is 9.69 Å². The van der Waals surface area contributed by atoms with Crippen LogP contribution in [0.4, 0.5) is 0 Å². The number of piperidine rings is 1. The van der Waals surface area contributed by atoms with Crippen LogP contribution in [0.1, 0.15) is 36.4 Å². The highest BCUT2D eigenvalue weighted by atomic mass is 16.2. The lowest BCUT2D eigenvalue weighted by atomic mass is 9.80. The van der Waals surface area contributed by atoms with E-state index in [-0.39, 0.29) is 11.9 Å². The van der Waals surface area contributed by atoms with Crippen molar-refractivity contribution >= 4 is 13.0 Å². The molecule has 2 aromatic rings. The zero-order chi connectivity index (χ0) is 21.6.